The van der Waals surface area contributed by atoms with Gasteiger partial charge in [-0.2, -0.15) is 0 Å². The zero-order chi connectivity index (χ0) is 15.0. The first-order valence-corrected chi connectivity index (χ1v) is 6.59. The van der Waals surface area contributed by atoms with Crippen molar-refractivity contribution in [2.75, 3.05) is 7.11 Å². The molecule has 0 spiro atoms. The Hall–Kier alpha value is -2.69. The number of ether oxygens (including phenoxy) is 1. The van der Waals surface area contributed by atoms with E-state index in [-0.39, 0.29) is 28.9 Å². The number of hydrogen-bond donors (Lipinski definition) is 0. The van der Waals surface area contributed by atoms with Gasteiger partial charge in [0.05, 0.1) is 7.11 Å². The number of allylic oxidation sites excluding steroid dienone is 2. The van der Waals surface area contributed by atoms with Crippen molar-refractivity contribution in [3.8, 4) is 11.5 Å². The Labute approximate surface area is 121 Å². The summed E-state index contributed by atoms with van der Waals surface area (Å²) < 4.78 is 10.4. The molecule has 3 rings (SSSR count). The zero-order valence-electron chi connectivity index (χ0n) is 11.7. The van der Waals surface area contributed by atoms with Crippen LogP contribution in [0.15, 0.2) is 40.5 Å². The minimum atomic E-state index is -0.462. The maximum absolute atomic E-state index is 12.1. The maximum atomic E-state index is 12.1. The monoisotopic (exact) mass is 283 g/mol. The van der Waals surface area contributed by atoms with Gasteiger partial charge in [-0.15, -0.1) is 0 Å². The van der Waals surface area contributed by atoms with Crippen LogP contribution in [-0.4, -0.2) is 23.7 Å². The van der Waals surface area contributed by atoms with Crippen molar-refractivity contribution in [1.29, 1.82) is 0 Å². The Bertz CT molecular complexity index is 753. The minimum Gasteiger partial charge on any atom is -0.492 e. The number of nitrogens with zero attached hydrogens (tertiary/aromatic N) is 1. The van der Waals surface area contributed by atoms with Crippen LogP contribution in [-0.2, 0) is 11.2 Å². The number of aromatic nitrogens is 1. The number of aryl methyl sites for hydroxylation is 1. The van der Waals surface area contributed by atoms with E-state index in [9.17, 15) is 9.59 Å². The quantitative estimate of drug-likeness (QED) is 0.866. The smallest absolute Gasteiger partial charge is 0.265 e. The van der Waals surface area contributed by atoms with Crippen molar-refractivity contribution < 1.29 is 18.7 Å². The molecule has 106 valence electrons. The van der Waals surface area contributed by atoms with Gasteiger partial charge in [-0.3, -0.25) is 9.59 Å². The standard InChI is InChI=1S/C16H13NO4/c1-3-9-4-6-10(7-5-9)16-17-13-11(18)8-12(20-2)14(19)15(13)21-16/h4-8H,3H2,1-2H3. The van der Waals surface area contributed by atoms with E-state index in [0.29, 0.717) is 0 Å². The average Bonchev–Trinajstić information content (AvgIpc) is 2.97. The van der Waals surface area contributed by atoms with Gasteiger partial charge in [0.15, 0.2) is 11.5 Å². The molecular formula is C16H13NO4. The van der Waals surface area contributed by atoms with Crippen LogP contribution in [0.25, 0.3) is 11.5 Å². The Kier molecular flexibility index (Phi) is 3.17. The lowest BCUT2D eigenvalue weighted by Crippen LogP contribution is -2.16. The molecule has 0 aliphatic heterocycles. The van der Waals surface area contributed by atoms with Crippen molar-refractivity contribution in [3.05, 3.63) is 53.1 Å². The van der Waals surface area contributed by atoms with Crippen LogP contribution in [0.5, 0.6) is 0 Å². The molecular weight excluding hydrogens is 270 g/mol. The van der Waals surface area contributed by atoms with Gasteiger partial charge in [0.25, 0.3) is 5.78 Å². The molecule has 1 aromatic heterocycles. The van der Waals surface area contributed by atoms with Crippen molar-refractivity contribution in [3.63, 3.8) is 0 Å². The van der Waals surface area contributed by atoms with E-state index in [4.69, 9.17) is 9.15 Å². The lowest BCUT2D eigenvalue weighted by molar-refractivity contribution is 0.0891. The summed E-state index contributed by atoms with van der Waals surface area (Å²) in [5.74, 6) is -0.682. The van der Waals surface area contributed by atoms with Crippen LogP contribution in [0.3, 0.4) is 0 Å². The van der Waals surface area contributed by atoms with Gasteiger partial charge in [-0.05, 0) is 24.1 Å². The van der Waals surface area contributed by atoms with Gasteiger partial charge in [-0.25, -0.2) is 4.98 Å². The first-order chi connectivity index (χ1) is 10.1. The summed E-state index contributed by atoms with van der Waals surface area (Å²) in [6.07, 6.45) is 2.07. The predicted molar refractivity (Wildman–Crippen MR) is 75.1 cm³/mol. The third kappa shape index (κ3) is 2.16. The fourth-order valence-corrected chi connectivity index (χ4v) is 2.16. The number of fused-ring (bicyclic) bond motifs is 1. The van der Waals surface area contributed by atoms with E-state index in [2.05, 4.69) is 11.9 Å². The maximum Gasteiger partial charge on any atom is 0.265 e. The lowest BCUT2D eigenvalue weighted by atomic mass is 10.1. The summed E-state index contributed by atoms with van der Waals surface area (Å²) in [5.41, 5.74) is 1.95. The second-order valence-corrected chi connectivity index (χ2v) is 4.65. The van der Waals surface area contributed by atoms with Crippen LogP contribution in [0.2, 0.25) is 0 Å². The molecule has 2 aromatic rings. The summed E-state index contributed by atoms with van der Waals surface area (Å²) in [6, 6.07) is 7.63. The summed E-state index contributed by atoms with van der Waals surface area (Å²) in [7, 11) is 1.34. The normalized spacial score (nSPS) is 13.9. The number of ketones is 2. The third-order valence-electron chi connectivity index (χ3n) is 3.38. The van der Waals surface area contributed by atoms with Gasteiger partial charge < -0.3 is 9.15 Å². The van der Waals surface area contributed by atoms with E-state index >= 15 is 0 Å². The first kappa shape index (κ1) is 13.3. The molecule has 0 atom stereocenters. The van der Waals surface area contributed by atoms with E-state index in [0.717, 1.165) is 18.1 Å². The fraction of sp³-hybridized carbons (Fsp3) is 0.188. The second kappa shape index (κ2) is 5.01. The summed E-state index contributed by atoms with van der Waals surface area (Å²) >= 11 is 0. The van der Waals surface area contributed by atoms with E-state index in [1.165, 1.54) is 12.7 Å². The molecule has 0 bridgehead atoms. The number of oxazole rings is 1. The topological polar surface area (TPSA) is 69.4 Å². The highest BCUT2D eigenvalue weighted by atomic mass is 16.5. The van der Waals surface area contributed by atoms with Gasteiger partial charge in [0.1, 0.15) is 0 Å². The number of benzene rings is 1. The summed E-state index contributed by atoms with van der Waals surface area (Å²) in [5, 5.41) is 0. The zero-order valence-corrected chi connectivity index (χ0v) is 11.7. The Morgan fingerprint density at radius 3 is 2.52 bits per heavy atom. The Morgan fingerprint density at radius 1 is 1.19 bits per heavy atom. The molecule has 0 fully saturated rings. The van der Waals surface area contributed by atoms with E-state index in [1.807, 2.05) is 24.3 Å². The summed E-state index contributed by atoms with van der Waals surface area (Å²) in [6.45, 7) is 2.06. The van der Waals surface area contributed by atoms with E-state index in [1.54, 1.807) is 0 Å². The van der Waals surface area contributed by atoms with Gasteiger partial charge in [0.2, 0.25) is 17.4 Å². The minimum absolute atomic E-state index is 0.0310. The van der Waals surface area contributed by atoms with Crippen molar-refractivity contribution in [1.82, 2.24) is 4.98 Å². The van der Waals surface area contributed by atoms with E-state index < -0.39 is 5.78 Å². The molecule has 5 nitrogen and oxygen atoms in total. The van der Waals surface area contributed by atoms with Gasteiger partial charge >= 0.3 is 0 Å². The number of hydrogen-bond acceptors (Lipinski definition) is 5. The largest absolute Gasteiger partial charge is 0.492 e. The molecule has 0 saturated carbocycles. The Balaban J connectivity index is 2.03. The molecule has 5 heteroatoms. The molecule has 0 amide bonds. The van der Waals surface area contributed by atoms with Crippen molar-refractivity contribution in [2.45, 2.75) is 13.3 Å². The molecule has 1 aliphatic rings. The third-order valence-corrected chi connectivity index (χ3v) is 3.38. The van der Waals surface area contributed by atoms with Crippen LogP contribution >= 0.6 is 0 Å². The number of carbonyl (C=O) groups is 2. The molecule has 1 aromatic carbocycles. The number of rotatable bonds is 3. The van der Waals surface area contributed by atoms with Crippen LogP contribution in [0.1, 0.15) is 33.5 Å². The molecule has 21 heavy (non-hydrogen) atoms. The molecule has 0 N–H and O–H groups in total. The SMILES string of the molecule is CCc1ccc(-c2nc3c(o2)C(=O)C(OC)=CC3=O)cc1. The average molecular weight is 283 g/mol. The van der Waals surface area contributed by atoms with Crippen molar-refractivity contribution in [2.24, 2.45) is 0 Å². The molecule has 0 saturated heterocycles. The highest BCUT2D eigenvalue weighted by Gasteiger charge is 2.32. The number of methoxy groups -OCH3 is 1. The van der Waals surface area contributed by atoms with Gasteiger partial charge in [0, 0.05) is 11.6 Å². The highest BCUT2D eigenvalue weighted by Crippen LogP contribution is 2.27. The molecule has 0 unspecified atom stereocenters. The molecule has 1 heterocycles. The van der Waals surface area contributed by atoms with Crippen LogP contribution in [0, 0.1) is 0 Å². The number of Topliss-reactive ketones (excluding diaryl/α,β-unsaturated/α-hetero) is 1. The molecule has 1 aliphatic carbocycles. The Morgan fingerprint density at radius 2 is 1.90 bits per heavy atom. The van der Waals surface area contributed by atoms with Gasteiger partial charge in [-0.1, -0.05) is 19.1 Å². The number of carbonyl (C=O) groups excluding carboxylic acids is 2. The highest BCUT2D eigenvalue weighted by molar-refractivity contribution is 6.21. The fourth-order valence-electron chi connectivity index (χ4n) is 2.16. The molecule has 0 radical (unpaired) electrons. The predicted octanol–water partition coefficient (Wildman–Crippen LogP) is 2.81. The first-order valence-electron chi connectivity index (χ1n) is 6.59. The van der Waals surface area contributed by atoms with Crippen molar-refractivity contribution >= 4 is 11.6 Å². The summed E-state index contributed by atoms with van der Waals surface area (Å²) in [4.78, 5) is 28.1. The van der Waals surface area contributed by atoms with Crippen LogP contribution in [0.4, 0.5) is 0 Å². The second-order valence-electron chi connectivity index (χ2n) is 4.65. The van der Waals surface area contributed by atoms with Crippen LogP contribution < -0.4 is 0 Å². The lowest BCUT2D eigenvalue weighted by Gasteiger charge is -2.06.